The fourth-order valence-electron chi connectivity index (χ4n) is 1.73. The van der Waals surface area contributed by atoms with Gasteiger partial charge in [-0.3, -0.25) is 14.9 Å². The van der Waals surface area contributed by atoms with Crippen LogP contribution in [0.2, 0.25) is 0 Å². The van der Waals surface area contributed by atoms with Crippen LogP contribution in [0, 0.1) is 5.92 Å². The van der Waals surface area contributed by atoms with Crippen molar-refractivity contribution in [3.05, 3.63) is 35.9 Å². The number of benzene rings is 1. The summed E-state index contributed by atoms with van der Waals surface area (Å²) < 4.78 is 0.790. The van der Waals surface area contributed by atoms with Gasteiger partial charge >= 0.3 is 0 Å². The standard InChI is InChI=1S/C16H20N4O2S2/c1-3-11(2)14(22)17-9-13(21)18-15-19-20-16(24-15)23-10-12-7-5-4-6-8-12/h4-8,11H,3,9-10H2,1-2H3,(H,17,22)(H,18,19,21). The highest BCUT2D eigenvalue weighted by Crippen LogP contribution is 2.28. The summed E-state index contributed by atoms with van der Waals surface area (Å²) in [6.07, 6.45) is 0.742. The lowest BCUT2D eigenvalue weighted by atomic mass is 10.1. The third kappa shape index (κ3) is 5.93. The summed E-state index contributed by atoms with van der Waals surface area (Å²) in [7, 11) is 0. The van der Waals surface area contributed by atoms with Crippen molar-refractivity contribution < 1.29 is 9.59 Å². The van der Waals surface area contributed by atoms with Crippen molar-refractivity contribution in [2.75, 3.05) is 11.9 Å². The van der Waals surface area contributed by atoms with E-state index in [0.29, 0.717) is 5.13 Å². The van der Waals surface area contributed by atoms with Crippen LogP contribution in [-0.2, 0) is 15.3 Å². The molecular formula is C16H20N4O2S2. The van der Waals surface area contributed by atoms with E-state index >= 15 is 0 Å². The molecule has 8 heteroatoms. The third-order valence-electron chi connectivity index (χ3n) is 3.34. The average Bonchev–Trinajstić information content (AvgIpc) is 3.05. The van der Waals surface area contributed by atoms with Gasteiger partial charge in [0.2, 0.25) is 16.9 Å². The number of carbonyl (C=O) groups is 2. The molecule has 1 aromatic heterocycles. The molecule has 6 nitrogen and oxygen atoms in total. The molecule has 2 rings (SSSR count). The van der Waals surface area contributed by atoms with Crippen molar-refractivity contribution in [1.29, 1.82) is 0 Å². The summed E-state index contributed by atoms with van der Waals surface area (Å²) in [5.41, 5.74) is 1.20. The van der Waals surface area contributed by atoms with Gasteiger partial charge in [0.05, 0.1) is 6.54 Å². The molecule has 2 aromatic rings. The lowest BCUT2D eigenvalue weighted by Crippen LogP contribution is -2.35. The van der Waals surface area contributed by atoms with Crippen LogP contribution in [0.4, 0.5) is 5.13 Å². The van der Waals surface area contributed by atoms with Crippen molar-refractivity contribution in [2.45, 2.75) is 30.4 Å². The number of nitrogens with zero attached hydrogens (tertiary/aromatic N) is 2. The molecule has 1 heterocycles. The van der Waals surface area contributed by atoms with Crippen molar-refractivity contribution in [2.24, 2.45) is 5.92 Å². The molecule has 0 bridgehead atoms. The number of carbonyl (C=O) groups excluding carboxylic acids is 2. The van der Waals surface area contributed by atoms with E-state index in [0.717, 1.165) is 16.5 Å². The van der Waals surface area contributed by atoms with E-state index in [-0.39, 0.29) is 24.3 Å². The minimum absolute atomic E-state index is 0.0603. The van der Waals surface area contributed by atoms with Crippen LogP contribution in [0.1, 0.15) is 25.8 Å². The summed E-state index contributed by atoms with van der Waals surface area (Å²) in [4.78, 5) is 23.5. The van der Waals surface area contributed by atoms with Crippen LogP contribution in [-0.4, -0.2) is 28.6 Å². The van der Waals surface area contributed by atoms with Gasteiger partial charge in [-0.25, -0.2) is 0 Å². The number of nitrogens with one attached hydrogen (secondary N) is 2. The molecule has 1 atom stereocenters. The molecule has 1 aromatic carbocycles. The smallest absolute Gasteiger partial charge is 0.245 e. The molecule has 0 fully saturated rings. The molecule has 0 aliphatic carbocycles. The number of hydrogen-bond acceptors (Lipinski definition) is 6. The molecular weight excluding hydrogens is 344 g/mol. The van der Waals surface area contributed by atoms with Crippen molar-refractivity contribution in [3.8, 4) is 0 Å². The molecule has 0 aliphatic heterocycles. The third-order valence-corrected chi connectivity index (χ3v) is 5.38. The Morgan fingerprint density at radius 3 is 2.71 bits per heavy atom. The number of anilines is 1. The Morgan fingerprint density at radius 2 is 2.00 bits per heavy atom. The lowest BCUT2D eigenvalue weighted by molar-refractivity contribution is -0.126. The van der Waals surface area contributed by atoms with E-state index in [2.05, 4.69) is 33.0 Å². The summed E-state index contributed by atoms with van der Waals surface area (Å²) in [6.45, 7) is 3.70. The van der Waals surface area contributed by atoms with Gasteiger partial charge in [-0.2, -0.15) is 0 Å². The number of amides is 2. The van der Waals surface area contributed by atoms with Gasteiger partial charge < -0.3 is 5.32 Å². The summed E-state index contributed by atoms with van der Waals surface area (Å²) in [5, 5.41) is 13.7. The molecule has 0 aliphatic rings. The van der Waals surface area contributed by atoms with Crippen LogP contribution >= 0.6 is 23.1 Å². The number of aromatic nitrogens is 2. The molecule has 1 unspecified atom stereocenters. The maximum atomic E-state index is 11.8. The zero-order valence-electron chi connectivity index (χ0n) is 13.6. The van der Waals surface area contributed by atoms with Crippen molar-refractivity contribution >= 4 is 40.0 Å². The molecule has 24 heavy (non-hydrogen) atoms. The van der Waals surface area contributed by atoms with Crippen molar-refractivity contribution in [1.82, 2.24) is 15.5 Å². The predicted octanol–water partition coefficient (Wildman–Crippen LogP) is 2.93. The Balaban J connectivity index is 1.76. The van der Waals surface area contributed by atoms with E-state index in [1.807, 2.05) is 32.0 Å². The van der Waals surface area contributed by atoms with Crippen molar-refractivity contribution in [3.63, 3.8) is 0 Å². The summed E-state index contributed by atoms with van der Waals surface area (Å²) in [6, 6.07) is 10.1. The second kappa shape index (κ2) is 9.39. The fourth-order valence-corrected chi connectivity index (χ4v) is 3.45. The summed E-state index contributed by atoms with van der Waals surface area (Å²) >= 11 is 2.89. The van der Waals surface area contributed by atoms with Crippen LogP contribution in [0.5, 0.6) is 0 Å². The van der Waals surface area contributed by atoms with Gasteiger partial charge in [0.15, 0.2) is 4.34 Å². The Kier molecular flexibility index (Phi) is 7.20. The number of thioether (sulfide) groups is 1. The molecule has 2 amide bonds. The first-order chi connectivity index (χ1) is 11.6. The zero-order chi connectivity index (χ0) is 17.4. The van der Waals surface area contributed by atoms with Crippen LogP contribution in [0.15, 0.2) is 34.7 Å². The second-order valence-corrected chi connectivity index (χ2v) is 7.42. The average molecular weight is 364 g/mol. The monoisotopic (exact) mass is 364 g/mol. The highest BCUT2D eigenvalue weighted by atomic mass is 32.2. The molecule has 0 saturated carbocycles. The molecule has 128 valence electrons. The first-order valence-electron chi connectivity index (χ1n) is 7.66. The Morgan fingerprint density at radius 1 is 1.25 bits per heavy atom. The van der Waals surface area contributed by atoms with E-state index in [1.54, 1.807) is 11.8 Å². The highest BCUT2D eigenvalue weighted by Gasteiger charge is 2.13. The van der Waals surface area contributed by atoms with E-state index in [1.165, 1.54) is 16.9 Å². The van der Waals surface area contributed by atoms with Gasteiger partial charge in [0.1, 0.15) is 0 Å². The number of rotatable bonds is 8. The maximum absolute atomic E-state index is 11.8. The highest BCUT2D eigenvalue weighted by molar-refractivity contribution is 8.00. The van der Waals surface area contributed by atoms with E-state index in [9.17, 15) is 9.59 Å². The van der Waals surface area contributed by atoms with Crippen LogP contribution < -0.4 is 10.6 Å². The molecule has 0 spiro atoms. The first-order valence-corrected chi connectivity index (χ1v) is 9.46. The molecule has 0 radical (unpaired) electrons. The largest absolute Gasteiger partial charge is 0.347 e. The quantitative estimate of drug-likeness (QED) is 0.556. The van der Waals surface area contributed by atoms with Gasteiger partial charge in [-0.15, -0.1) is 10.2 Å². The topological polar surface area (TPSA) is 84.0 Å². The SMILES string of the molecule is CCC(C)C(=O)NCC(=O)Nc1nnc(SCc2ccccc2)s1. The number of hydrogen-bond donors (Lipinski definition) is 2. The zero-order valence-corrected chi connectivity index (χ0v) is 15.2. The van der Waals surface area contributed by atoms with E-state index < -0.39 is 0 Å². The normalized spacial score (nSPS) is 11.8. The van der Waals surface area contributed by atoms with Gasteiger partial charge in [0, 0.05) is 11.7 Å². The first kappa shape index (κ1) is 18.4. The van der Waals surface area contributed by atoms with Crippen LogP contribution in [0.25, 0.3) is 0 Å². The Labute approximate surface area is 149 Å². The van der Waals surface area contributed by atoms with Crippen LogP contribution in [0.3, 0.4) is 0 Å². The molecule has 0 saturated heterocycles. The van der Waals surface area contributed by atoms with Gasteiger partial charge in [0.25, 0.3) is 0 Å². The Hall–Kier alpha value is -1.93. The van der Waals surface area contributed by atoms with Gasteiger partial charge in [-0.05, 0) is 12.0 Å². The minimum atomic E-state index is -0.303. The molecule has 2 N–H and O–H groups in total. The second-order valence-electron chi connectivity index (χ2n) is 5.22. The van der Waals surface area contributed by atoms with Gasteiger partial charge in [-0.1, -0.05) is 67.3 Å². The lowest BCUT2D eigenvalue weighted by Gasteiger charge is -2.08. The van der Waals surface area contributed by atoms with E-state index in [4.69, 9.17) is 0 Å². The predicted molar refractivity (Wildman–Crippen MR) is 97.0 cm³/mol. The maximum Gasteiger partial charge on any atom is 0.245 e. The summed E-state index contributed by atoms with van der Waals surface area (Å²) in [5.74, 6) is 0.278. The minimum Gasteiger partial charge on any atom is -0.347 e. The fraction of sp³-hybridized carbons (Fsp3) is 0.375. The Bertz CT molecular complexity index is 676.